The first-order valence-electron chi connectivity index (χ1n) is 12.3. The first-order valence-corrected chi connectivity index (χ1v) is 12.3. The maximum absolute atomic E-state index is 12.2. The van der Waals surface area contributed by atoms with Crippen LogP contribution in [-0.4, -0.2) is 25.3 Å². The summed E-state index contributed by atoms with van der Waals surface area (Å²) in [5.74, 6) is 1.23. The van der Waals surface area contributed by atoms with Crippen molar-refractivity contribution in [1.82, 2.24) is 0 Å². The molecule has 0 bridgehead atoms. The first-order chi connectivity index (χ1) is 17.6. The lowest BCUT2D eigenvalue weighted by Gasteiger charge is -2.12. The summed E-state index contributed by atoms with van der Waals surface area (Å²) >= 11 is 0. The minimum absolute atomic E-state index is 0.0120. The molecule has 0 unspecified atom stereocenters. The van der Waals surface area contributed by atoms with Crippen LogP contribution in [0.1, 0.15) is 64.8 Å². The molecule has 0 aliphatic rings. The van der Waals surface area contributed by atoms with Gasteiger partial charge in [0.15, 0.2) is 17.8 Å². The number of ether oxygens (including phenoxy) is 2. The second-order valence-corrected chi connectivity index (χ2v) is 8.60. The predicted molar refractivity (Wildman–Crippen MR) is 146 cm³/mol. The lowest BCUT2D eigenvalue weighted by atomic mass is 10.1. The van der Waals surface area contributed by atoms with E-state index in [1.54, 1.807) is 18.2 Å². The SMILES string of the molecule is Nc1cc(N)c(OCCCCCCCCOc2ccc(C=CC(=O)c3ccccc3)cc2)c(C=O)c1. The average molecular weight is 487 g/mol. The minimum atomic E-state index is -0.0120. The Morgan fingerprint density at radius 3 is 2.08 bits per heavy atom. The van der Waals surface area contributed by atoms with Gasteiger partial charge in [-0.05, 0) is 48.7 Å². The van der Waals surface area contributed by atoms with Gasteiger partial charge in [0, 0.05) is 11.3 Å². The van der Waals surface area contributed by atoms with E-state index in [1.165, 1.54) is 0 Å². The summed E-state index contributed by atoms with van der Waals surface area (Å²) in [4.78, 5) is 23.3. The van der Waals surface area contributed by atoms with E-state index in [9.17, 15) is 9.59 Å². The number of aldehydes is 1. The van der Waals surface area contributed by atoms with E-state index in [1.807, 2.05) is 60.7 Å². The molecule has 0 aromatic heterocycles. The van der Waals surface area contributed by atoms with E-state index in [-0.39, 0.29) is 5.78 Å². The fourth-order valence-electron chi connectivity index (χ4n) is 3.77. The van der Waals surface area contributed by atoms with E-state index >= 15 is 0 Å². The zero-order chi connectivity index (χ0) is 25.6. The number of nitrogen functional groups attached to an aromatic ring is 2. The molecule has 0 amide bonds. The molecule has 0 heterocycles. The minimum Gasteiger partial charge on any atom is -0.494 e. The highest BCUT2D eigenvalue weighted by molar-refractivity contribution is 6.06. The number of anilines is 2. The largest absolute Gasteiger partial charge is 0.494 e. The Morgan fingerprint density at radius 1 is 0.778 bits per heavy atom. The highest BCUT2D eigenvalue weighted by atomic mass is 16.5. The number of rotatable bonds is 15. The van der Waals surface area contributed by atoms with Crippen LogP contribution in [0.5, 0.6) is 11.5 Å². The summed E-state index contributed by atoms with van der Waals surface area (Å²) in [6.07, 6.45) is 10.4. The highest BCUT2D eigenvalue weighted by Gasteiger charge is 2.09. The number of hydrogen-bond acceptors (Lipinski definition) is 6. The number of benzene rings is 3. The molecule has 0 fully saturated rings. The number of carbonyl (C=O) groups is 2. The number of carbonyl (C=O) groups excluding carboxylic acids is 2. The van der Waals surface area contributed by atoms with Crippen LogP contribution >= 0.6 is 0 Å². The summed E-state index contributed by atoms with van der Waals surface area (Å²) in [6.45, 7) is 1.19. The molecule has 0 radical (unpaired) electrons. The summed E-state index contributed by atoms with van der Waals surface area (Å²) in [6, 6.07) is 20.1. The Kier molecular flexibility index (Phi) is 10.6. The van der Waals surface area contributed by atoms with Crippen LogP contribution in [0.3, 0.4) is 0 Å². The Hall–Kier alpha value is -4.06. The molecule has 0 atom stereocenters. The average Bonchev–Trinajstić information content (AvgIpc) is 2.90. The monoisotopic (exact) mass is 486 g/mol. The van der Waals surface area contributed by atoms with Gasteiger partial charge >= 0.3 is 0 Å². The van der Waals surface area contributed by atoms with E-state index in [0.29, 0.717) is 47.8 Å². The van der Waals surface area contributed by atoms with Gasteiger partial charge < -0.3 is 20.9 Å². The number of nitrogens with two attached hydrogens (primary N) is 2. The molecular weight excluding hydrogens is 452 g/mol. The van der Waals surface area contributed by atoms with E-state index in [0.717, 1.165) is 49.8 Å². The fraction of sp³-hybridized carbons (Fsp3) is 0.267. The molecule has 3 rings (SSSR count). The molecule has 4 N–H and O–H groups in total. The smallest absolute Gasteiger partial charge is 0.185 e. The van der Waals surface area contributed by atoms with Crippen LogP contribution in [0.2, 0.25) is 0 Å². The van der Waals surface area contributed by atoms with Gasteiger partial charge in [0.25, 0.3) is 0 Å². The molecule has 6 heteroatoms. The van der Waals surface area contributed by atoms with Gasteiger partial charge in [-0.15, -0.1) is 0 Å². The van der Waals surface area contributed by atoms with Crippen molar-refractivity contribution in [2.24, 2.45) is 0 Å². The number of ketones is 1. The third-order valence-electron chi connectivity index (χ3n) is 5.72. The standard InChI is InChI=1S/C30H34N2O4/c31-26-20-25(22-33)30(28(32)21-26)36-19-9-4-2-1-3-8-18-35-27-15-12-23(13-16-27)14-17-29(34)24-10-6-5-7-11-24/h5-7,10-17,20-22H,1-4,8-9,18-19,31-32H2. The molecule has 0 aliphatic carbocycles. The van der Waals surface area contributed by atoms with Crippen LogP contribution in [0.15, 0.2) is 72.8 Å². The van der Waals surface area contributed by atoms with Crippen LogP contribution in [0.25, 0.3) is 6.08 Å². The van der Waals surface area contributed by atoms with Crippen molar-refractivity contribution in [2.75, 3.05) is 24.7 Å². The van der Waals surface area contributed by atoms with Crippen LogP contribution < -0.4 is 20.9 Å². The normalized spacial score (nSPS) is 10.9. The number of hydrogen-bond donors (Lipinski definition) is 2. The Morgan fingerprint density at radius 2 is 1.42 bits per heavy atom. The van der Waals surface area contributed by atoms with Crippen molar-refractivity contribution in [1.29, 1.82) is 0 Å². The van der Waals surface area contributed by atoms with Crippen molar-refractivity contribution in [2.45, 2.75) is 38.5 Å². The van der Waals surface area contributed by atoms with E-state index < -0.39 is 0 Å². The molecule has 3 aromatic rings. The van der Waals surface area contributed by atoms with Crippen molar-refractivity contribution >= 4 is 29.5 Å². The van der Waals surface area contributed by atoms with Crippen LogP contribution in [-0.2, 0) is 0 Å². The topological polar surface area (TPSA) is 105 Å². The summed E-state index contributed by atoms with van der Waals surface area (Å²) in [7, 11) is 0. The molecule has 0 saturated carbocycles. The van der Waals surface area contributed by atoms with Crippen molar-refractivity contribution in [3.05, 3.63) is 89.5 Å². The Bertz CT molecular complexity index is 1140. The summed E-state index contributed by atoms with van der Waals surface area (Å²) < 4.78 is 11.5. The molecule has 0 saturated heterocycles. The summed E-state index contributed by atoms with van der Waals surface area (Å²) in [5, 5.41) is 0. The number of unbranched alkanes of at least 4 members (excludes halogenated alkanes) is 5. The second kappa shape index (κ2) is 14.4. The van der Waals surface area contributed by atoms with Gasteiger partial charge in [0.05, 0.1) is 24.5 Å². The Balaban J connectivity index is 1.24. The van der Waals surface area contributed by atoms with Crippen LogP contribution in [0.4, 0.5) is 11.4 Å². The van der Waals surface area contributed by atoms with Gasteiger partial charge in [-0.25, -0.2) is 0 Å². The van der Waals surface area contributed by atoms with Crippen molar-refractivity contribution in [3.8, 4) is 11.5 Å². The highest BCUT2D eigenvalue weighted by Crippen LogP contribution is 2.28. The lowest BCUT2D eigenvalue weighted by molar-refractivity contribution is 0.104. The van der Waals surface area contributed by atoms with Gasteiger partial charge in [-0.3, -0.25) is 9.59 Å². The van der Waals surface area contributed by atoms with E-state index in [4.69, 9.17) is 20.9 Å². The quantitative estimate of drug-likeness (QED) is 0.0852. The van der Waals surface area contributed by atoms with Crippen molar-refractivity contribution in [3.63, 3.8) is 0 Å². The maximum atomic E-state index is 12.2. The molecule has 188 valence electrons. The lowest BCUT2D eigenvalue weighted by Crippen LogP contribution is -2.04. The van der Waals surface area contributed by atoms with Crippen molar-refractivity contribution < 1.29 is 19.1 Å². The third-order valence-corrected chi connectivity index (χ3v) is 5.72. The molecule has 3 aromatic carbocycles. The summed E-state index contributed by atoms with van der Waals surface area (Å²) in [5.41, 5.74) is 14.5. The van der Waals surface area contributed by atoms with Gasteiger partial charge in [0.1, 0.15) is 5.75 Å². The zero-order valence-electron chi connectivity index (χ0n) is 20.5. The second-order valence-electron chi connectivity index (χ2n) is 8.60. The molecule has 0 aliphatic heterocycles. The Labute approximate surface area is 212 Å². The van der Waals surface area contributed by atoms with E-state index in [2.05, 4.69) is 0 Å². The fourth-order valence-corrected chi connectivity index (χ4v) is 3.77. The molecule has 36 heavy (non-hydrogen) atoms. The number of allylic oxidation sites excluding steroid dienone is 1. The third kappa shape index (κ3) is 8.62. The zero-order valence-corrected chi connectivity index (χ0v) is 20.5. The first kappa shape index (κ1) is 26.5. The maximum Gasteiger partial charge on any atom is 0.185 e. The van der Waals surface area contributed by atoms with Crippen LogP contribution in [0, 0.1) is 0 Å². The molecular formula is C30H34N2O4. The van der Waals surface area contributed by atoms with Gasteiger partial charge in [-0.2, -0.15) is 0 Å². The molecule has 0 spiro atoms. The van der Waals surface area contributed by atoms with Gasteiger partial charge in [-0.1, -0.05) is 74.2 Å². The predicted octanol–water partition coefficient (Wildman–Crippen LogP) is 6.36. The van der Waals surface area contributed by atoms with Gasteiger partial charge in [0.2, 0.25) is 0 Å². The molecule has 6 nitrogen and oxygen atoms in total.